The molecule has 130 valence electrons. The van der Waals surface area contributed by atoms with E-state index < -0.39 is 11.0 Å². The molecule has 1 aliphatic heterocycles. The number of hydrogen-bond acceptors (Lipinski definition) is 4. The smallest absolute Gasteiger partial charge is 0.312 e. The molecule has 4 nitrogen and oxygen atoms in total. The second kappa shape index (κ2) is 4.25. The number of ether oxygens (including phenoxy) is 2. The highest BCUT2D eigenvalue weighted by molar-refractivity contribution is 5.85. The molecule has 4 heteroatoms. The molecule has 7 atom stereocenters. The van der Waals surface area contributed by atoms with E-state index in [2.05, 4.69) is 6.58 Å². The van der Waals surface area contributed by atoms with Crippen molar-refractivity contribution in [3.05, 3.63) is 12.2 Å². The number of carbonyl (C=O) groups is 2. The summed E-state index contributed by atoms with van der Waals surface area (Å²) in [6, 6.07) is 0. The van der Waals surface area contributed by atoms with Crippen molar-refractivity contribution in [2.45, 2.75) is 57.5 Å². The van der Waals surface area contributed by atoms with Crippen molar-refractivity contribution < 1.29 is 19.1 Å². The van der Waals surface area contributed by atoms with E-state index in [1.807, 2.05) is 6.92 Å². The van der Waals surface area contributed by atoms with Crippen LogP contribution in [0.5, 0.6) is 0 Å². The maximum atomic E-state index is 13.0. The third-order valence-corrected chi connectivity index (χ3v) is 8.48. The second-order valence-corrected chi connectivity index (χ2v) is 9.19. The van der Waals surface area contributed by atoms with E-state index in [-0.39, 0.29) is 29.2 Å². The molecule has 1 heterocycles. The first-order valence-electron chi connectivity index (χ1n) is 9.38. The summed E-state index contributed by atoms with van der Waals surface area (Å²) in [4.78, 5) is 25.8. The van der Waals surface area contributed by atoms with Gasteiger partial charge in [0.1, 0.15) is 5.60 Å². The summed E-state index contributed by atoms with van der Waals surface area (Å²) in [6.45, 7) is 6.36. The lowest BCUT2D eigenvalue weighted by Crippen LogP contribution is -2.47. The van der Waals surface area contributed by atoms with Crippen LogP contribution in [0.1, 0.15) is 51.9 Å². The minimum atomic E-state index is -0.525. The van der Waals surface area contributed by atoms with Crippen LogP contribution in [0.2, 0.25) is 0 Å². The van der Waals surface area contributed by atoms with Gasteiger partial charge in [-0.1, -0.05) is 12.2 Å². The molecule has 0 radical (unpaired) electrons. The Morgan fingerprint density at radius 2 is 2.12 bits per heavy atom. The molecule has 1 saturated heterocycles. The molecule has 5 rings (SSSR count). The first-order valence-corrected chi connectivity index (χ1v) is 9.38. The molecule has 4 bridgehead atoms. The minimum absolute atomic E-state index is 0.0200. The summed E-state index contributed by atoms with van der Waals surface area (Å²) in [5, 5.41) is 0. The number of hydrogen-bond donors (Lipinski definition) is 0. The molecule has 0 amide bonds. The van der Waals surface area contributed by atoms with Crippen LogP contribution >= 0.6 is 0 Å². The van der Waals surface area contributed by atoms with Crippen LogP contribution in [-0.2, 0) is 19.1 Å². The molecule has 5 fully saturated rings. The fourth-order valence-corrected chi connectivity index (χ4v) is 7.81. The SMILES string of the molecule is C=C1C[C@]23C[C@H]1CC[C@H]2[C@@]12CCCC(C)(C(=O)O1)[C@H]2[C@@H]3C(=O)OC. The number of esters is 2. The molecular weight excluding hydrogens is 304 g/mol. The Labute approximate surface area is 143 Å². The zero-order valence-corrected chi connectivity index (χ0v) is 14.6. The molecule has 1 spiro atoms. The third-order valence-electron chi connectivity index (χ3n) is 8.48. The van der Waals surface area contributed by atoms with Crippen LogP contribution in [0, 0.1) is 34.5 Å². The largest absolute Gasteiger partial charge is 0.469 e. The molecule has 0 aromatic carbocycles. The van der Waals surface area contributed by atoms with Crippen LogP contribution in [0.15, 0.2) is 12.2 Å². The Kier molecular flexibility index (Phi) is 2.66. The normalized spacial score (nSPS) is 54.2. The second-order valence-electron chi connectivity index (χ2n) is 9.19. The number of methoxy groups -OCH3 is 1. The van der Waals surface area contributed by atoms with Gasteiger partial charge in [-0.05, 0) is 63.2 Å². The zero-order valence-electron chi connectivity index (χ0n) is 14.6. The quantitative estimate of drug-likeness (QED) is 0.547. The van der Waals surface area contributed by atoms with Gasteiger partial charge in [0.2, 0.25) is 0 Å². The summed E-state index contributed by atoms with van der Waals surface area (Å²) in [5.41, 5.74) is 0.249. The van der Waals surface area contributed by atoms with E-state index in [4.69, 9.17) is 9.47 Å². The molecule has 24 heavy (non-hydrogen) atoms. The Morgan fingerprint density at radius 1 is 1.33 bits per heavy atom. The van der Waals surface area contributed by atoms with E-state index in [9.17, 15) is 9.59 Å². The van der Waals surface area contributed by atoms with E-state index >= 15 is 0 Å². The van der Waals surface area contributed by atoms with Gasteiger partial charge >= 0.3 is 11.9 Å². The highest BCUT2D eigenvalue weighted by Gasteiger charge is 2.81. The fourth-order valence-electron chi connectivity index (χ4n) is 7.81. The van der Waals surface area contributed by atoms with E-state index in [0.29, 0.717) is 11.8 Å². The Balaban J connectivity index is 1.74. The van der Waals surface area contributed by atoms with Crippen molar-refractivity contribution in [3.63, 3.8) is 0 Å². The summed E-state index contributed by atoms with van der Waals surface area (Å²) >= 11 is 0. The number of carbonyl (C=O) groups excluding carboxylic acids is 2. The predicted octanol–water partition coefficient (Wildman–Crippen LogP) is 3.25. The first kappa shape index (κ1) is 15.0. The van der Waals surface area contributed by atoms with Crippen LogP contribution in [0.4, 0.5) is 0 Å². The standard InChI is InChI=1S/C20H26O4/c1-11-9-19-10-12(11)5-6-13(19)20-8-4-7-18(2,17(22)24-20)15(20)14(19)16(21)23-3/h12-15H,1,4-10H2,2-3H3/t12-,13-,14-,15-,18?,19+,20-/m1/s1. The first-order chi connectivity index (χ1) is 11.4. The maximum absolute atomic E-state index is 13.0. The number of fused-ring (bicyclic) bond motifs is 1. The summed E-state index contributed by atoms with van der Waals surface area (Å²) in [6.07, 6.45) is 6.88. The van der Waals surface area contributed by atoms with Gasteiger partial charge in [0.15, 0.2) is 0 Å². The molecule has 4 aliphatic carbocycles. The predicted molar refractivity (Wildman–Crippen MR) is 86.8 cm³/mol. The lowest BCUT2D eigenvalue weighted by molar-refractivity contribution is -0.161. The lowest BCUT2D eigenvalue weighted by Gasteiger charge is -2.43. The highest BCUT2D eigenvalue weighted by atomic mass is 16.6. The zero-order chi connectivity index (χ0) is 16.9. The Bertz CT molecular complexity index is 669. The van der Waals surface area contributed by atoms with Gasteiger partial charge < -0.3 is 9.47 Å². The van der Waals surface area contributed by atoms with Gasteiger partial charge in [-0.2, -0.15) is 0 Å². The van der Waals surface area contributed by atoms with Gasteiger partial charge in [-0.15, -0.1) is 0 Å². The van der Waals surface area contributed by atoms with Gasteiger partial charge in [0, 0.05) is 11.8 Å². The Morgan fingerprint density at radius 3 is 2.88 bits per heavy atom. The maximum Gasteiger partial charge on any atom is 0.312 e. The van der Waals surface area contributed by atoms with Gasteiger partial charge in [-0.3, -0.25) is 9.59 Å². The monoisotopic (exact) mass is 330 g/mol. The fraction of sp³-hybridized carbons (Fsp3) is 0.800. The van der Waals surface area contributed by atoms with E-state index in [1.165, 1.54) is 12.7 Å². The molecule has 1 unspecified atom stereocenters. The molecule has 0 aromatic rings. The van der Waals surface area contributed by atoms with Crippen molar-refractivity contribution in [1.29, 1.82) is 0 Å². The number of allylic oxidation sites excluding steroid dienone is 1. The topological polar surface area (TPSA) is 52.6 Å². The summed E-state index contributed by atoms with van der Waals surface area (Å²) in [7, 11) is 1.48. The van der Waals surface area contributed by atoms with Crippen LogP contribution in [0.25, 0.3) is 0 Å². The summed E-state index contributed by atoms with van der Waals surface area (Å²) < 4.78 is 11.5. The minimum Gasteiger partial charge on any atom is -0.469 e. The van der Waals surface area contributed by atoms with Gasteiger partial charge in [-0.25, -0.2) is 0 Å². The average molecular weight is 330 g/mol. The molecule has 0 N–H and O–H groups in total. The molecular formula is C20H26O4. The average Bonchev–Trinajstić information content (AvgIpc) is 2.99. The van der Waals surface area contributed by atoms with E-state index in [1.54, 1.807) is 0 Å². The Hall–Kier alpha value is -1.32. The van der Waals surface area contributed by atoms with Gasteiger partial charge in [0.25, 0.3) is 0 Å². The molecule has 0 aromatic heterocycles. The van der Waals surface area contributed by atoms with Crippen molar-refractivity contribution in [1.82, 2.24) is 0 Å². The van der Waals surface area contributed by atoms with Crippen molar-refractivity contribution in [3.8, 4) is 0 Å². The van der Waals surface area contributed by atoms with Crippen LogP contribution < -0.4 is 0 Å². The summed E-state index contributed by atoms with van der Waals surface area (Å²) in [5.74, 6) is 0.383. The highest BCUT2D eigenvalue weighted by Crippen LogP contribution is 2.77. The number of rotatable bonds is 1. The van der Waals surface area contributed by atoms with Crippen molar-refractivity contribution >= 4 is 11.9 Å². The lowest BCUT2D eigenvalue weighted by atomic mass is 9.60. The van der Waals surface area contributed by atoms with Gasteiger partial charge in [0.05, 0.1) is 18.4 Å². The van der Waals surface area contributed by atoms with E-state index in [0.717, 1.165) is 44.9 Å². The van der Waals surface area contributed by atoms with Crippen LogP contribution in [-0.4, -0.2) is 24.6 Å². The van der Waals surface area contributed by atoms with Crippen molar-refractivity contribution in [2.75, 3.05) is 7.11 Å². The van der Waals surface area contributed by atoms with Crippen molar-refractivity contribution in [2.24, 2.45) is 34.5 Å². The van der Waals surface area contributed by atoms with Crippen LogP contribution in [0.3, 0.4) is 0 Å². The molecule has 5 aliphatic rings. The third kappa shape index (κ3) is 1.36. The molecule has 4 saturated carbocycles.